The maximum atomic E-state index is 10.3. The molecule has 0 saturated heterocycles. The predicted molar refractivity (Wildman–Crippen MR) is 96.6 cm³/mol. The normalized spacial score (nSPS) is 14.9. The first kappa shape index (κ1) is 26.6. The van der Waals surface area contributed by atoms with E-state index in [0.717, 1.165) is 23.9 Å². The summed E-state index contributed by atoms with van der Waals surface area (Å²) in [5, 5.41) is 33.6. The molecule has 0 aromatic heterocycles. The summed E-state index contributed by atoms with van der Waals surface area (Å²) < 4.78 is 5.02. The Morgan fingerprint density at radius 1 is 0.769 bits per heavy atom. The Morgan fingerprint density at radius 2 is 1.08 bits per heavy atom. The Balaban J connectivity index is 0. The van der Waals surface area contributed by atoms with Gasteiger partial charge in [-0.25, -0.2) is 9.44 Å². The molecule has 0 aliphatic heterocycles. The van der Waals surface area contributed by atoms with Gasteiger partial charge in [-0.2, -0.15) is 11.8 Å². The molecule has 0 aliphatic rings. The third kappa shape index (κ3) is 14.7. The maximum Gasteiger partial charge on any atom is 0.321 e. The van der Waals surface area contributed by atoms with Crippen LogP contribution < -0.4 is 20.9 Å². The highest BCUT2D eigenvalue weighted by Gasteiger charge is 2.15. The summed E-state index contributed by atoms with van der Waals surface area (Å²) in [4.78, 5) is 41.0. The number of rotatable bonds is 12. The van der Waals surface area contributed by atoms with Crippen molar-refractivity contribution in [3.8, 4) is 0 Å². The minimum atomic E-state index is -1.10. The van der Waals surface area contributed by atoms with E-state index in [-0.39, 0.29) is 11.5 Å². The maximum absolute atomic E-state index is 10.3. The molecule has 0 bridgehead atoms. The van der Waals surface area contributed by atoms with E-state index >= 15 is 0 Å². The lowest BCUT2D eigenvalue weighted by Crippen LogP contribution is -2.36. The molecule has 152 valence electrons. The molecular weight excluding hydrogens is 392 g/mol. The van der Waals surface area contributed by atoms with E-state index < -0.39 is 48.0 Å². The average molecular weight is 416 g/mol. The number of carbonyl (C=O) groups is 4. The van der Waals surface area contributed by atoms with Gasteiger partial charge >= 0.3 is 23.9 Å². The third-order valence-corrected chi connectivity index (χ3v) is 4.57. The van der Waals surface area contributed by atoms with Gasteiger partial charge in [-0.15, -0.1) is 0 Å². The molecule has 0 amide bonds. The Kier molecular flexibility index (Phi) is 14.9. The number of carboxylic acids is 4. The molecule has 0 rings (SSSR count). The standard InChI is InChI=1S/2C6H12N2O4S/c1-3(5(9)10)7-13-8-4(2)6(11)12;7-3(5(9)10)1-13-2-4(8)6(11)12/h3-4,7-8H,1-2H3,(H,9,10)(H,11,12);3-4H,1-2,7-8H2,(H,9,10)(H,11,12)/t3-,4-;3-,4?/m00/s1. The van der Waals surface area contributed by atoms with Gasteiger partial charge in [0.1, 0.15) is 24.2 Å². The Morgan fingerprint density at radius 3 is 1.31 bits per heavy atom. The summed E-state index contributed by atoms with van der Waals surface area (Å²) in [7, 11) is 0. The zero-order valence-corrected chi connectivity index (χ0v) is 15.7. The van der Waals surface area contributed by atoms with Crippen molar-refractivity contribution < 1.29 is 39.6 Å². The molecule has 4 atom stereocenters. The summed E-state index contributed by atoms with van der Waals surface area (Å²) in [6.07, 6.45) is 0. The zero-order chi connectivity index (χ0) is 20.9. The minimum absolute atomic E-state index is 0.163. The van der Waals surface area contributed by atoms with Gasteiger partial charge in [0.15, 0.2) is 0 Å². The van der Waals surface area contributed by atoms with Gasteiger partial charge in [0, 0.05) is 23.6 Å². The molecule has 0 spiro atoms. The topological polar surface area (TPSA) is 225 Å². The first-order valence-corrected chi connectivity index (χ1v) is 9.04. The molecule has 0 aliphatic carbocycles. The molecule has 0 saturated carbocycles. The van der Waals surface area contributed by atoms with Crippen molar-refractivity contribution in [1.29, 1.82) is 0 Å². The van der Waals surface area contributed by atoms with E-state index in [4.69, 9.17) is 31.9 Å². The Labute approximate surface area is 158 Å². The van der Waals surface area contributed by atoms with Crippen molar-refractivity contribution in [2.75, 3.05) is 11.5 Å². The lowest BCUT2D eigenvalue weighted by molar-refractivity contribution is -0.139. The van der Waals surface area contributed by atoms with Crippen LogP contribution in [0.3, 0.4) is 0 Å². The van der Waals surface area contributed by atoms with Crippen LogP contribution in [0.2, 0.25) is 0 Å². The van der Waals surface area contributed by atoms with E-state index in [1.165, 1.54) is 13.8 Å². The van der Waals surface area contributed by atoms with Crippen molar-refractivity contribution in [3.05, 3.63) is 0 Å². The van der Waals surface area contributed by atoms with Gasteiger partial charge in [-0.3, -0.25) is 19.2 Å². The smallest absolute Gasteiger partial charge is 0.321 e. The SMILES string of the molecule is C[C@H](NSN[C@@H](C)C(=O)O)C(=O)O.NC(CSC[C@H](N)C(=O)O)C(=O)O. The van der Waals surface area contributed by atoms with E-state index in [9.17, 15) is 19.2 Å². The fourth-order valence-corrected chi connectivity index (χ4v) is 2.33. The molecule has 1 unspecified atom stereocenters. The molecule has 10 N–H and O–H groups in total. The molecule has 0 heterocycles. The lowest BCUT2D eigenvalue weighted by atomic mass is 10.4. The second-order valence-electron chi connectivity index (χ2n) is 4.88. The first-order valence-electron chi connectivity index (χ1n) is 7.07. The van der Waals surface area contributed by atoms with Crippen LogP contribution >= 0.6 is 23.9 Å². The lowest BCUT2D eigenvalue weighted by Gasteiger charge is -2.10. The first-order chi connectivity index (χ1) is 11.9. The molecule has 26 heavy (non-hydrogen) atoms. The molecule has 0 fully saturated rings. The van der Waals surface area contributed by atoms with E-state index in [1.807, 2.05) is 0 Å². The number of thioether (sulfide) groups is 1. The number of hydrogen-bond donors (Lipinski definition) is 8. The van der Waals surface area contributed by atoms with Gasteiger partial charge in [0.25, 0.3) is 0 Å². The number of nitrogens with two attached hydrogens (primary N) is 2. The van der Waals surface area contributed by atoms with Gasteiger partial charge in [0.05, 0.1) is 0 Å². The summed E-state index contributed by atoms with van der Waals surface area (Å²) in [6, 6.07) is -3.38. The van der Waals surface area contributed by atoms with Crippen LogP contribution in [-0.4, -0.2) is 80.0 Å². The van der Waals surface area contributed by atoms with Crippen LogP contribution in [0.15, 0.2) is 0 Å². The summed E-state index contributed by atoms with van der Waals surface area (Å²) in [6.45, 7) is 2.92. The second kappa shape index (κ2) is 14.6. The second-order valence-corrected chi connectivity index (χ2v) is 6.63. The number of nitrogens with one attached hydrogen (secondary N) is 2. The van der Waals surface area contributed by atoms with Crippen LogP contribution in [0.5, 0.6) is 0 Å². The van der Waals surface area contributed by atoms with Crippen molar-refractivity contribution >= 4 is 47.8 Å². The average Bonchev–Trinajstić information content (AvgIpc) is 2.54. The molecule has 0 radical (unpaired) electrons. The van der Waals surface area contributed by atoms with Crippen LogP contribution in [0.4, 0.5) is 0 Å². The van der Waals surface area contributed by atoms with Crippen molar-refractivity contribution in [2.45, 2.75) is 38.0 Å². The summed E-state index contributed by atoms with van der Waals surface area (Å²) in [5.74, 6) is -3.85. The zero-order valence-electron chi connectivity index (χ0n) is 14.1. The van der Waals surface area contributed by atoms with Gasteiger partial charge in [-0.1, -0.05) is 0 Å². The van der Waals surface area contributed by atoms with Crippen LogP contribution in [-0.2, 0) is 19.2 Å². The largest absolute Gasteiger partial charge is 0.480 e. The third-order valence-electron chi connectivity index (χ3n) is 2.44. The number of aliphatic carboxylic acids is 4. The van der Waals surface area contributed by atoms with Gasteiger partial charge < -0.3 is 31.9 Å². The van der Waals surface area contributed by atoms with Crippen molar-refractivity contribution in [2.24, 2.45) is 11.5 Å². The van der Waals surface area contributed by atoms with Gasteiger partial charge in [-0.05, 0) is 13.8 Å². The monoisotopic (exact) mass is 416 g/mol. The molecule has 12 nitrogen and oxygen atoms in total. The van der Waals surface area contributed by atoms with E-state index in [0.29, 0.717) is 0 Å². The Bertz CT molecular complexity index is 400. The van der Waals surface area contributed by atoms with Crippen LogP contribution in [0, 0.1) is 0 Å². The highest BCUT2D eigenvalue weighted by Crippen LogP contribution is 2.03. The Hall–Kier alpha value is -1.58. The molecule has 0 aromatic rings. The highest BCUT2D eigenvalue weighted by molar-refractivity contribution is 7.99. The summed E-state index contributed by atoms with van der Waals surface area (Å²) >= 11 is 1.98. The molecule has 14 heteroatoms. The minimum Gasteiger partial charge on any atom is -0.480 e. The quantitative estimate of drug-likeness (QED) is 0.165. The number of hydrogen-bond acceptors (Lipinski definition) is 10. The molecule has 0 aromatic carbocycles. The molecular formula is C12H24N4O8S2. The van der Waals surface area contributed by atoms with E-state index in [1.54, 1.807) is 0 Å². The highest BCUT2D eigenvalue weighted by atomic mass is 32.2. The van der Waals surface area contributed by atoms with Crippen molar-refractivity contribution in [3.63, 3.8) is 0 Å². The van der Waals surface area contributed by atoms with Crippen LogP contribution in [0.1, 0.15) is 13.8 Å². The fourth-order valence-electron chi connectivity index (χ4n) is 0.776. The van der Waals surface area contributed by atoms with Crippen LogP contribution in [0.25, 0.3) is 0 Å². The fraction of sp³-hybridized carbons (Fsp3) is 0.667. The summed E-state index contributed by atoms with van der Waals surface area (Å²) in [5.41, 5.74) is 10.3. The predicted octanol–water partition coefficient (Wildman–Crippen LogP) is -1.78. The van der Waals surface area contributed by atoms with Gasteiger partial charge in [0.2, 0.25) is 0 Å². The number of carboxylic acid groups (broad SMARTS) is 4. The van der Waals surface area contributed by atoms with E-state index in [2.05, 4.69) is 9.44 Å². The van der Waals surface area contributed by atoms with Crippen molar-refractivity contribution in [1.82, 2.24) is 9.44 Å².